The standard InChI is InChI=1S/C25H23ClN4O2/c1-16-9-10-18(12-17(16)2)22-13-24(32)30(25-21(29-22)8-5-11-27-25)15-23(31)28-14-19-6-3-4-7-20(19)26/h3-12H,13-15H2,1-2H3,(H,28,31). The van der Waals surface area contributed by atoms with Crippen molar-refractivity contribution in [1.82, 2.24) is 10.3 Å². The summed E-state index contributed by atoms with van der Waals surface area (Å²) >= 11 is 6.17. The Labute approximate surface area is 192 Å². The van der Waals surface area contributed by atoms with Gasteiger partial charge in [0.05, 0.1) is 12.1 Å². The third-order valence-corrected chi connectivity index (χ3v) is 5.84. The molecule has 0 atom stereocenters. The van der Waals surface area contributed by atoms with Crippen molar-refractivity contribution in [3.8, 4) is 0 Å². The third kappa shape index (κ3) is 4.70. The lowest BCUT2D eigenvalue weighted by Gasteiger charge is -2.20. The molecule has 4 rings (SSSR count). The number of aromatic nitrogens is 1. The number of amides is 2. The van der Waals surface area contributed by atoms with E-state index in [1.165, 1.54) is 10.5 Å². The fraction of sp³-hybridized carbons (Fsp3) is 0.200. The SMILES string of the molecule is Cc1ccc(C2=Nc3cccnc3N(CC(=O)NCc3ccccc3Cl)C(=O)C2)cc1C. The van der Waals surface area contributed by atoms with Crippen LogP contribution in [0.1, 0.15) is 28.7 Å². The summed E-state index contributed by atoms with van der Waals surface area (Å²) in [6.07, 6.45) is 1.67. The first-order valence-electron chi connectivity index (χ1n) is 10.3. The van der Waals surface area contributed by atoms with E-state index in [0.29, 0.717) is 22.2 Å². The predicted octanol–water partition coefficient (Wildman–Crippen LogP) is 4.53. The zero-order valence-electron chi connectivity index (χ0n) is 17.9. The van der Waals surface area contributed by atoms with Gasteiger partial charge in [0, 0.05) is 17.8 Å². The predicted molar refractivity (Wildman–Crippen MR) is 127 cm³/mol. The minimum atomic E-state index is -0.301. The highest BCUT2D eigenvalue weighted by Gasteiger charge is 2.27. The average molecular weight is 447 g/mol. The van der Waals surface area contributed by atoms with Gasteiger partial charge in [-0.05, 0) is 60.4 Å². The Hall–Kier alpha value is -3.51. The lowest BCUT2D eigenvalue weighted by Crippen LogP contribution is -2.41. The van der Waals surface area contributed by atoms with Crippen molar-refractivity contribution in [3.63, 3.8) is 0 Å². The maximum absolute atomic E-state index is 13.2. The summed E-state index contributed by atoms with van der Waals surface area (Å²) in [6.45, 7) is 4.20. The lowest BCUT2D eigenvalue weighted by molar-refractivity contribution is -0.123. The van der Waals surface area contributed by atoms with E-state index in [2.05, 4.69) is 10.3 Å². The Balaban J connectivity index is 1.56. The number of hydrogen-bond acceptors (Lipinski definition) is 4. The Morgan fingerprint density at radius 2 is 1.91 bits per heavy atom. The van der Waals surface area contributed by atoms with Gasteiger partial charge in [0.15, 0.2) is 5.82 Å². The van der Waals surface area contributed by atoms with Crippen LogP contribution in [0.4, 0.5) is 11.5 Å². The van der Waals surface area contributed by atoms with Crippen molar-refractivity contribution in [2.24, 2.45) is 4.99 Å². The Kier molecular flexibility index (Phi) is 6.32. The van der Waals surface area contributed by atoms with Gasteiger partial charge in [0.25, 0.3) is 0 Å². The van der Waals surface area contributed by atoms with Crippen LogP contribution < -0.4 is 10.2 Å². The van der Waals surface area contributed by atoms with Crippen LogP contribution in [-0.4, -0.2) is 29.1 Å². The van der Waals surface area contributed by atoms with E-state index in [-0.39, 0.29) is 31.3 Å². The molecule has 1 aliphatic heterocycles. The Morgan fingerprint density at radius 1 is 1.09 bits per heavy atom. The van der Waals surface area contributed by atoms with Crippen molar-refractivity contribution in [2.45, 2.75) is 26.8 Å². The molecule has 1 aromatic heterocycles. The minimum absolute atomic E-state index is 0.0800. The van der Waals surface area contributed by atoms with Crippen LogP contribution in [0.5, 0.6) is 0 Å². The van der Waals surface area contributed by atoms with E-state index in [0.717, 1.165) is 16.7 Å². The molecule has 0 aliphatic carbocycles. The van der Waals surface area contributed by atoms with Gasteiger partial charge in [0.2, 0.25) is 11.8 Å². The Morgan fingerprint density at radius 3 is 2.69 bits per heavy atom. The molecule has 0 spiro atoms. The molecule has 2 amide bonds. The number of nitrogens with one attached hydrogen (secondary N) is 1. The second-order valence-electron chi connectivity index (χ2n) is 7.73. The number of pyridine rings is 1. The lowest BCUT2D eigenvalue weighted by atomic mass is 10.0. The maximum atomic E-state index is 13.2. The van der Waals surface area contributed by atoms with Crippen LogP contribution in [0, 0.1) is 13.8 Å². The quantitative estimate of drug-likeness (QED) is 0.625. The van der Waals surface area contributed by atoms with E-state index in [1.54, 1.807) is 24.4 Å². The molecule has 7 heteroatoms. The highest BCUT2D eigenvalue weighted by molar-refractivity contribution is 6.31. The summed E-state index contributed by atoms with van der Waals surface area (Å²) in [5.41, 5.74) is 5.22. The third-order valence-electron chi connectivity index (χ3n) is 5.47. The van der Waals surface area contributed by atoms with Crippen molar-refractivity contribution < 1.29 is 9.59 Å². The van der Waals surface area contributed by atoms with Crippen LogP contribution in [0.3, 0.4) is 0 Å². The summed E-state index contributed by atoms with van der Waals surface area (Å²) < 4.78 is 0. The Bertz CT molecular complexity index is 1220. The second-order valence-corrected chi connectivity index (χ2v) is 8.14. The molecular weight excluding hydrogens is 424 g/mol. The maximum Gasteiger partial charge on any atom is 0.240 e. The molecule has 0 bridgehead atoms. The van der Waals surface area contributed by atoms with Gasteiger partial charge in [-0.2, -0.15) is 0 Å². The van der Waals surface area contributed by atoms with Gasteiger partial charge < -0.3 is 5.32 Å². The van der Waals surface area contributed by atoms with Crippen LogP contribution in [0.25, 0.3) is 0 Å². The number of fused-ring (bicyclic) bond motifs is 1. The molecule has 0 radical (unpaired) electrons. The molecule has 0 fully saturated rings. The van der Waals surface area contributed by atoms with Crippen molar-refractivity contribution in [2.75, 3.05) is 11.4 Å². The van der Waals surface area contributed by atoms with E-state index < -0.39 is 0 Å². The first kappa shape index (κ1) is 21.7. The summed E-state index contributed by atoms with van der Waals surface area (Å²) in [6, 6.07) is 16.9. The number of aliphatic imine (C=N–C) groups is 1. The topological polar surface area (TPSA) is 74.7 Å². The number of benzene rings is 2. The van der Waals surface area contributed by atoms with Crippen LogP contribution in [-0.2, 0) is 16.1 Å². The number of rotatable bonds is 5. The zero-order chi connectivity index (χ0) is 22.7. The van der Waals surface area contributed by atoms with Gasteiger partial charge in [-0.1, -0.05) is 41.9 Å². The highest BCUT2D eigenvalue weighted by Crippen LogP contribution is 2.31. The number of anilines is 1. The highest BCUT2D eigenvalue weighted by atomic mass is 35.5. The van der Waals surface area contributed by atoms with Crippen LogP contribution >= 0.6 is 11.6 Å². The van der Waals surface area contributed by atoms with Crippen molar-refractivity contribution in [3.05, 3.63) is 88.1 Å². The van der Waals surface area contributed by atoms with Gasteiger partial charge in [0.1, 0.15) is 12.2 Å². The van der Waals surface area contributed by atoms with Gasteiger partial charge in [-0.25, -0.2) is 9.98 Å². The number of halogens is 1. The molecule has 6 nitrogen and oxygen atoms in total. The normalized spacial score (nSPS) is 13.3. The van der Waals surface area contributed by atoms with E-state index >= 15 is 0 Å². The number of aryl methyl sites for hydroxylation is 2. The fourth-order valence-corrected chi connectivity index (χ4v) is 3.71. The number of hydrogen-bond donors (Lipinski definition) is 1. The monoisotopic (exact) mass is 446 g/mol. The minimum Gasteiger partial charge on any atom is -0.350 e. The summed E-state index contributed by atoms with van der Waals surface area (Å²) in [7, 11) is 0. The first-order valence-corrected chi connectivity index (χ1v) is 10.7. The van der Waals surface area contributed by atoms with E-state index in [9.17, 15) is 9.59 Å². The van der Waals surface area contributed by atoms with Gasteiger partial charge in [-0.3, -0.25) is 14.5 Å². The molecule has 3 aromatic rings. The number of carbonyl (C=O) groups is 2. The molecule has 0 saturated carbocycles. The fourth-order valence-electron chi connectivity index (χ4n) is 3.51. The van der Waals surface area contributed by atoms with Gasteiger partial charge in [-0.15, -0.1) is 0 Å². The molecule has 0 unspecified atom stereocenters. The molecule has 162 valence electrons. The van der Waals surface area contributed by atoms with E-state index in [1.807, 2.05) is 50.2 Å². The number of carbonyl (C=O) groups excluding carboxylic acids is 2. The molecule has 2 heterocycles. The first-order chi connectivity index (χ1) is 15.4. The number of nitrogens with zero attached hydrogens (tertiary/aromatic N) is 3. The smallest absolute Gasteiger partial charge is 0.240 e. The summed E-state index contributed by atoms with van der Waals surface area (Å²) in [5, 5.41) is 3.41. The van der Waals surface area contributed by atoms with Gasteiger partial charge >= 0.3 is 0 Å². The average Bonchev–Trinajstić information content (AvgIpc) is 2.92. The summed E-state index contributed by atoms with van der Waals surface area (Å²) in [5.74, 6) is -0.152. The molecule has 32 heavy (non-hydrogen) atoms. The zero-order valence-corrected chi connectivity index (χ0v) is 18.7. The van der Waals surface area contributed by atoms with Crippen molar-refractivity contribution >= 4 is 40.6 Å². The molecule has 1 N–H and O–H groups in total. The van der Waals surface area contributed by atoms with Crippen LogP contribution in [0.15, 0.2) is 65.8 Å². The second kappa shape index (κ2) is 9.32. The van der Waals surface area contributed by atoms with Crippen molar-refractivity contribution in [1.29, 1.82) is 0 Å². The molecule has 0 saturated heterocycles. The van der Waals surface area contributed by atoms with E-state index in [4.69, 9.17) is 16.6 Å². The summed E-state index contributed by atoms with van der Waals surface area (Å²) in [4.78, 5) is 36.4. The molecule has 1 aliphatic rings. The largest absolute Gasteiger partial charge is 0.350 e. The molecule has 2 aromatic carbocycles. The van der Waals surface area contributed by atoms with Crippen LogP contribution in [0.2, 0.25) is 5.02 Å². The molecular formula is C25H23ClN4O2.